The number of fused-ring (bicyclic) bond motifs is 1. The molecule has 0 bridgehead atoms. The number of amides is 2. The van der Waals surface area contributed by atoms with Gasteiger partial charge in [0.1, 0.15) is 11.0 Å². The fourth-order valence-corrected chi connectivity index (χ4v) is 7.04. The number of esters is 1. The summed E-state index contributed by atoms with van der Waals surface area (Å²) in [6, 6.07) is 13.8. The van der Waals surface area contributed by atoms with Crippen molar-refractivity contribution in [1.82, 2.24) is 0 Å². The van der Waals surface area contributed by atoms with Crippen LogP contribution in [0.25, 0.3) is 0 Å². The number of carbonyl (C=O) groups is 3. The summed E-state index contributed by atoms with van der Waals surface area (Å²) in [5.74, 6) is -1.47. The number of benzene rings is 2. The molecule has 39 heavy (non-hydrogen) atoms. The van der Waals surface area contributed by atoms with E-state index >= 15 is 0 Å². The molecular formula is C28H35BrNO8P. The van der Waals surface area contributed by atoms with Gasteiger partial charge in [0.15, 0.2) is 5.66 Å². The second-order valence-corrected chi connectivity index (χ2v) is 13.0. The third-order valence-corrected chi connectivity index (χ3v) is 9.01. The van der Waals surface area contributed by atoms with Gasteiger partial charge in [-0.3, -0.25) is 14.2 Å². The monoisotopic (exact) mass is 623 g/mol. The largest absolute Gasteiger partial charge is 0.465 e. The molecule has 11 heteroatoms. The summed E-state index contributed by atoms with van der Waals surface area (Å²) in [5.41, 5.74) is -2.74. The molecule has 0 saturated carbocycles. The van der Waals surface area contributed by atoms with Crippen LogP contribution in [-0.4, -0.2) is 49.1 Å². The minimum absolute atomic E-state index is 0.00559. The maximum atomic E-state index is 14.6. The molecular weight excluding hydrogens is 589 g/mol. The van der Waals surface area contributed by atoms with E-state index in [9.17, 15) is 18.9 Å². The number of ether oxygens (including phenoxy) is 2. The molecule has 0 saturated heterocycles. The van der Waals surface area contributed by atoms with Crippen molar-refractivity contribution >= 4 is 47.2 Å². The van der Waals surface area contributed by atoms with Crippen molar-refractivity contribution in [1.29, 1.82) is 0 Å². The molecule has 0 fully saturated rings. The topological polar surface area (TPSA) is 108 Å². The maximum Gasteiger partial charge on any atom is 0.421 e. The first-order valence-corrected chi connectivity index (χ1v) is 15.2. The highest BCUT2D eigenvalue weighted by atomic mass is 79.9. The average Bonchev–Trinajstić information content (AvgIpc) is 3.10. The zero-order valence-electron chi connectivity index (χ0n) is 23.1. The normalized spacial score (nSPS) is 18.0. The number of hydrogen-bond acceptors (Lipinski definition) is 8. The molecule has 212 valence electrons. The van der Waals surface area contributed by atoms with Crippen LogP contribution in [0.15, 0.2) is 53.0 Å². The summed E-state index contributed by atoms with van der Waals surface area (Å²) in [6.45, 7) is 10.0. The Morgan fingerprint density at radius 3 is 2.15 bits per heavy atom. The van der Waals surface area contributed by atoms with Crippen molar-refractivity contribution in [3.8, 4) is 0 Å². The van der Waals surface area contributed by atoms with Gasteiger partial charge in [0.25, 0.3) is 5.91 Å². The summed E-state index contributed by atoms with van der Waals surface area (Å²) in [7, 11) is -4.13. The first kappa shape index (κ1) is 31.0. The zero-order chi connectivity index (χ0) is 29.0. The SMILES string of the molecule is CCOC(=O)[C@@H](C[C@@]1(c2ccccc2)C(=O)N(C(=O)OC(C)(C)C)c2ccc(Br)cc21)P(=O)(OCC)OCC. The number of anilines is 1. The highest BCUT2D eigenvalue weighted by molar-refractivity contribution is 9.10. The quantitative estimate of drug-likeness (QED) is 0.215. The molecule has 1 heterocycles. The lowest BCUT2D eigenvalue weighted by atomic mass is 9.72. The van der Waals surface area contributed by atoms with Gasteiger partial charge in [-0.15, -0.1) is 0 Å². The Morgan fingerprint density at radius 1 is 1.00 bits per heavy atom. The van der Waals surface area contributed by atoms with Gasteiger partial charge in [-0.2, -0.15) is 0 Å². The lowest BCUT2D eigenvalue weighted by Gasteiger charge is -2.34. The van der Waals surface area contributed by atoms with Crippen molar-refractivity contribution in [2.75, 3.05) is 24.7 Å². The van der Waals surface area contributed by atoms with Crippen LogP contribution in [0.4, 0.5) is 10.5 Å². The average molecular weight is 624 g/mol. The molecule has 2 atom stereocenters. The van der Waals surface area contributed by atoms with E-state index in [1.807, 2.05) is 0 Å². The number of imide groups is 1. The smallest absolute Gasteiger partial charge is 0.421 e. The van der Waals surface area contributed by atoms with Crippen molar-refractivity contribution in [3.05, 3.63) is 64.1 Å². The molecule has 0 unspecified atom stereocenters. The van der Waals surface area contributed by atoms with Crippen LogP contribution in [0.5, 0.6) is 0 Å². The summed E-state index contributed by atoms with van der Waals surface area (Å²) < 4.78 is 36.8. The van der Waals surface area contributed by atoms with Crippen molar-refractivity contribution in [2.24, 2.45) is 0 Å². The van der Waals surface area contributed by atoms with Crippen molar-refractivity contribution in [3.63, 3.8) is 0 Å². The Bertz CT molecular complexity index is 1250. The Hall–Kier alpha value is -2.52. The van der Waals surface area contributed by atoms with Crippen LogP contribution in [0.1, 0.15) is 59.1 Å². The fourth-order valence-electron chi connectivity index (χ4n) is 4.70. The van der Waals surface area contributed by atoms with Gasteiger partial charge in [-0.25, -0.2) is 9.69 Å². The van der Waals surface area contributed by atoms with Gasteiger partial charge < -0.3 is 18.5 Å². The molecule has 0 N–H and O–H groups in total. The predicted octanol–water partition coefficient (Wildman–Crippen LogP) is 6.60. The van der Waals surface area contributed by atoms with E-state index in [0.29, 0.717) is 21.3 Å². The van der Waals surface area contributed by atoms with Gasteiger partial charge in [0.05, 0.1) is 25.5 Å². The summed E-state index contributed by atoms with van der Waals surface area (Å²) in [4.78, 5) is 42.4. The first-order chi connectivity index (χ1) is 18.3. The van der Waals surface area contributed by atoms with E-state index in [1.165, 1.54) is 0 Å². The molecule has 9 nitrogen and oxygen atoms in total. The second kappa shape index (κ2) is 12.3. The van der Waals surface area contributed by atoms with E-state index in [0.717, 1.165) is 4.90 Å². The van der Waals surface area contributed by atoms with Crippen molar-refractivity contribution < 1.29 is 37.5 Å². The molecule has 2 aromatic rings. The minimum Gasteiger partial charge on any atom is -0.465 e. The number of carbonyl (C=O) groups excluding carboxylic acids is 3. The molecule has 0 radical (unpaired) electrons. The highest BCUT2D eigenvalue weighted by Crippen LogP contribution is 2.60. The maximum absolute atomic E-state index is 14.6. The van der Waals surface area contributed by atoms with Crippen LogP contribution in [-0.2, 0) is 38.1 Å². The van der Waals surface area contributed by atoms with Crippen molar-refractivity contribution in [2.45, 2.75) is 64.6 Å². The molecule has 0 aliphatic carbocycles. The van der Waals surface area contributed by atoms with Crippen LogP contribution >= 0.6 is 23.5 Å². The van der Waals surface area contributed by atoms with E-state index in [-0.39, 0.29) is 26.2 Å². The van der Waals surface area contributed by atoms with E-state index in [2.05, 4.69) is 15.9 Å². The predicted molar refractivity (Wildman–Crippen MR) is 151 cm³/mol. The molecule has 0 spiro atoms. The molecule has 2 amide bonds. The minimum atomic E-state index is -4.13. The van der Waals surface area contributed by atoms with Crippen LogP contribution < -0.4 is 4.90 Å². The van der Waals surface area contributed by atoms with Gasteiger partial charge in [0, 0.05) is 4.47 Å². The molecule has 3 rings (SSSR count). The Labute approximate surface area is 237 Å². The number of rotatable bonds is 10. The first-order valence-electron chi connectivity index (χ1n) is 12.8. The summed E-state index contributed by atoms with van der Waals surface area (Å²) >= 11 is 3.48. The van der Waals surface area contributed by atoms with Crippen LogP contribution in [0.2, 0.25) is 0 Å². The lowest BCUT2D eigenvalue weighted by Crippen LogP contribution is -2.48. The Kier molecular flexibility index (Phi) is 9.81. The van der Waals surface area contributed by atoms with E-state index < -0.39 is 42.2 Å². The van der Waals surface area contributed by atoms with Gasteiger partial charge in [-0.05, 0) is 77.3 Å². The second-order valence-electron chi connectivity index (χ2n) is 9.90. The van der Waals surface area contributed by atoms with E-state index in [4.69, 9.17) is 18.5 Å². The third kappa shape index (κ3) is 6.30. The van der Waals surface area contributed by atoms with Gasteiger partial charge >= 0.3 is 19.7 Å². The molecule has 0 aromatic heterocycles. The third-order valence-electron chi connectivity index (χ3n) is 6.13. The van der Waals surface area contributed by atoms with Crippen LogP contribution in [0.3, 0.4) is 0 Å². The summed E-state index contributed by atoms with van der Waals surface area (Å²) in [6.07, 6.45) is -1.20. The van der Waals surface area contributed by atoms with Gasteiger partial charge in [0.2, 0.25) is 0 Å². The molecule has 1 aliphatic heterocycles. The number of nitrogens with zero attached hydrogens (tertiary/aromatic N) is 1. The Morgan fingerprint density at radius 2 is 1.62 bits per heavy atom. The molecule has 2 aromatic carbocycles. The lowest BCUT2D eigenvalue weighted by molar-refractivity contribution is -0.143. The fraction of sp³-hybridized carbons (Fsp3) is 0.464. The zero-order valence-corrected chi connectivity index (χ0v) is 25.5. The highest BCUT2D eigenvalue weighted by Gasteiger charge is 2.59. The summed E-state index contributed by atoms with van der Waals surface area (Å²) in [5, 5.41) is 0. The molecule has 1 aliphatic rings. The number of halogens is 1. The van der Waals surface area contributed by atoms with Crippen LogP contribution in [0, 0.1) is 0 Å². The van der Waals surface area contributed by atoms with Gasteiger partial charge in [-0.1, -0.05) is 46.3 Å². The Balaban J connectivity index is 2.34. The standard InChI is InChI=1S/C28H35BrNO8P/c1-7-35-24(31)23(39(34,36-8-2)37-9-3)18-28(19-13-11-10-12-14-19)21-17-20(29)15-16-22(21)30(25(28)32)26(33)38-27(4,5)6/h10-17,23H,7-9,18H2,1-6H3/t23-,28+/m1/s1. The van der Waals surface area contributed by atoms with E-state index in [1.54, 1.807) is 90.1 Å². The number of hydrogen-bond donors (Lipinski definition) is 0.